The minimum Gasteiger partial charge on any atom is -0.273 e. The summed E-state index contributed by atoms with van der Waals surface area (Å²) in [4.78, 5) is 29.4. The van der Waals surface area contributed by atoms with Crippen molar-refractivity contribution in [3.63, 3.8) is 0 Å². The zero-order valence-corrected chi connectivity index (χ0v) is 16.2. The number of nitrogens with zero attached hydrogens (tertiary/aromatic N) is 4. The topological polar surface area (TPSA) is 114 Å². The Morgan fingerprint density at radius 1 is 1.31 bits per heavy atom. The summed E-state index contributed by atoms with van der Waals surface area (Å²) in [5.74, 6) is -0.375. The van der Waals surface area contributed by atoms with E-state index in [1.54, 1.807) is 30.0 Å². The molecule has 0 fully saturated rings. The van der Waals surface area contributed by atoms with Crippen LogP contribution < -0.4 is 4.72 Å². The highest BCUT2D eigenvalue weighted by Gasteiger charge is 2.38. The molecule has 9 nitrogen and oxygen atoms in total. The third-order valence-electron chi connectivity index (χ3n) is 4.18. The molecule has 0 saturated carbocycles. The number of urea groups is 1. The molecule has 11 heteroatoms. The van der Waals surface area contributed by atoms with Crippen molar-refractivity contribution in [3.8, 4) is 0 Å². The van der Waals surface area contributed by atoms with E-state index in [4.69, 9.17) is 0 Å². The molecule has 0 radical (unpaired) electrons. The van der Waals surface area contributed by atoms with Crippen molar-refractivity contribution in [2.45, 2.75) is 37.5 Å². The van der Waals surface area contributed by atoms with Gasteiger partial charge in [-0.3, -0.25) is 14.4 Å². The summed E-state index contributed by atoms with van der Waals surface area (Å²) in [6.45, 7) is 5.59. The quantitative estimate of drug-likeness (QED) is 0.761. The predicted octanol–water partition coefficient (Wildman–Crippen LogP) is 0.830. The van der Waals surface area contributed by atoms with Gasteiger partial charge in [-0.2, -0.15) is 10.1 Å². The van der Waals surface area contributed by atoms with Crippen LogP contribution in [0.3, 0.4) is 0 Å². The Hall–Kier alpha value is -1.98. The molecule has 1 aromatic rings. The van der Waals surface area contributed by atoms with E-state index in [-0.39, 0.29) is 23.9 Å². The molecule has 1 aromatic heterocycles. The number of amides is 3. The monoisotopic (exact) mass is 397 g/mol. The van der Waals surface area contributed by atoms with Gasteiger partial charge in [0.1, 0.15) is 10.1 Å². The zero-order chi connectivity index (χ0) is 19.1. The van der Waals surface area contributed by atoms with Crippen molar-refractivity contribution in [1.82, 2.24) is 19.4 Å². The second-order valence-corrected chi connectivity index (χ2v) is 8.56. The molecule has 0 aliphatic carbocycles. The Morgan fingerprint density at radius 2 is 2.04 bits per heavy atom. The van der Waals surface area contributed by atoms with Crippen molar-refractivity contribution in [2.24, 2.45) is 4.99 Å². The summed E-state index contributed by atoms with van der Waals surface area (Å²) in [5.41, 5.74) is 1.40. The lowest BCUT2D eigenvalue weighted by Gasteiger charge is -2.25. The number of thioether (sulfide) groups is 1. The van der Waals surface area contributed by atoms with Gasteiger partial charge in [0.15, 0.2) is 0 Å². The fourth-order valence-electron chi connectivity index (χ4n) is 2.98. The van der Waals surface area contributed by atoms with Crippen molar-refractivity contribution in [3.05, 3.63) is 22.9 Å². The van der Waals surface area contributed by atoms with Gasteiger partial charge in [-0.05, 0) is 32.3 Å². The van der Waals surface area contributed by atoms with Gasteiger partial charge in [0.05, 0.1) is 17.1 Å². The van der Waals surface area contributed by atoms with Crippen LogP contribution in [-0.2, 0) is 21.4 Å². The van der Waals surface area contributed by atoms with E-state index in [9.17, 15) is 18.0 Å². The maximum atomic E-state index is 12.6. The average Bonchev–Trinajstić information content (AvgIpc) is 3.14. The summed E-state index contributed by atoms with van der Waals surface area (Å²) in [5, 5.41) is 5.41. The molecule has 0 bridgehead atoms. The number of allylic oxidation sites excluding steroid dienone is 1. The number of sulfonamides is 1. The normalized spacial score (nSPS) is 19.9. The number of nitrogens with one attached hydrogen (secondary N) is 1. The number of imide groups is 1. The van der Waals surface area contributed by atoms with Crippen LogP contribution in [0.4, 0.5) is 4.79 Å². The van der Waals surface area contributed by atoms with Crippen LogP contribution in [0.15, 0.2) is 21.4 Å². The Balaban J connectivity index is 1.69. The molecule has 26 heavy (non-hydrogen) atoms. The number of aromatic nitrogens is 2. The highest BCUT2D eigenvalue weighted by molar-refractivity contribution is 8.04. The van der Waals surface area contributed by atoms with Crippen molar-refractivity contribution < 1.29 is 18.0 Å². The van der Waals surface area contributed by atoms with E-state index in [1.165, 1.54) is 11.8 Å². The summed E-state index contributed by atoms with van der Waals surface area (Å²) in [6, 6.07) is -0.668. The number of carbonyl (C=O) groups is 2. The maximum absolute atomic E-state index is 12.6. The van der Waals surface area contributed by atoms with E-state index >= 15 is 0 Å². The first kappa shape index (κ1) is 18.8. The van der Waals surface area contributed by atoms with E-state index in [2.05, 4.69) is 14.8 Å². The first-order valence-electron chi connectivity index (χ1n) is 8.06. The third kappa shape index (κ3) is 3.21. The van der Waals surface area contributed by atoms with Crippen LogP contribution in [0.2, 0.25) is 0 Å². The van der Waals surface area contributed by atoms with Crippen LogP contribution in [0, 0.1) is 13.8 Å². The van der Waals surface area contributed by atoms with E-state index in [0.717, 1.165) is 4.90 Å². The third-order valence-corrected chi connectivity index (χ3v) is 6.90. The molecule has 2 aliphatic rings. The molecular formula is C15H19N5O4S2. The van der Waals surface area contributed by atoms with Gasteiger partial charge < -0.3 is 0 Å². The van der Waals surface area contributed by atoms with Gasteiger partial charge in [-0.15, -0.1) is 11.8 Å². The van der Waals surface area contributed by atoms with Gasteiger partial charge in [-0.1, -0.05) is 0 Å². The Morgan fingerprint density at radius 3 is 2.69 bits per heavy atom. The van der Waals surface area contributed by atoms with Gasteiger partial charge in [0.25, 0.3) is 0 Å². The van der Waals surface area contributed by atoms with Crippen molar-refractivity contribution in [2.75, 3.05) is 13.1 Å². The van der Waals surface area contributed by atoms with Crippen LogP contribution in [0.5, 0.6) is 0 Å². The van der Waals surface area contributed by atoms with Gasteiger partial charge >= 0.3 is 6.03 Å². The van der Waals surface area contributed by atoms with Crippen LogP contribution >= 0.6 is 11.8 Å². The van der Waals surface area contributed by atoms with E-state index < -0.39 is 21.3 Å². The lowest BCUT2D eigenvalue weighted by atomic mass is 10.2. The lowest BCUT2D eigenvalue weighted by Crippen LogP contribution is -2.49. The highest BCUT2D eigenvalue weighted by Crippen LogP contribution is 2.27. The number of aryl methyl sites for hydroxylation is 2. The first-order chi connectivity index (χ1) is 12.3. The molecular weight excluding hydrogens is 378 g/mol. The Bertz CT molecular complexity index is 932. The smallest absolute Gasteiger partial charge is 0.273 e. The lowest BCUT2D eigenvalue weighted by molar-refractivity contribution is -0.126. The number of hydrogen-bond donors (Lipinski definition) is 1. The summed E-state index contributed by atoms with van der Waals surface area (Å²) >= 11 is 1.28. The minimum atomic E-state index is -3.80. The molecule has 2 aliphatic heterocycles. The maximum Gasteiger partial charge on any atom is 0.350 e. The fraction of sp³-hybridized carbons (Fsp3) is 0.467. The SMILES string of the molecule is CCn1nc(C)c(S(=O)(=O)NCCN2C(=O)N=C3C=CSC3C2=O)c1C. The number of aliphatic imine (C=N–C) groups is 1. The van der Waals surface area contributed by atoms with Gasteiger partial charge in [-0.25, -0.2) is 17.9 Å². The standard InChI is InChI=1S/C15H19N5O4S2/c1-4-20-10(3)13(9(2)18-20)26(23,24)16-6-7-19-14(21)12-11(5-8-25-12)17-15(19)22/h5,8,12,16H,4,6-7H2,1-3H3. The molecule has 0 saturated heterocycles. The predicted molar refractivity (Wildman–Crippen MR) is 97.6 cm³/mol. The van der Waals surface area contributed by atoms with Gasteiger partial charge in [0, 0.05) is 19.6 Å². The summed E-state index contributed by atoms with van der Waals surface area (Å²) < 4.78 is 29.2. The van der Waals surface area contributed by atoms with Crippen LogP contribution in [0.25, 0.3) is 0 Å². The molecule has 0 spiro atoms. The van der Waals surface area contributed by atoms with Crippen molar-refractivity contribution >= 4 is 39.4 Å². The van der Waals surface area contributed by atoms with E-state index in [1.807, 2.05) is 6.92 Å². The number of carbonyl (C=O) groups excluding carboxylic acids is 2. The van der Waals surface area contributed by atoms with E-state index in [0.29, 0.717) is 23.6 Å². The summed E-state index contributed by atoms with van der Waals surface area (Å²) in [7, 11) is -3.80. The molecule has 1 atom stereocenters. The first-order valence-corrected chi connectivity index (χ1v) is 10.5. The second-order valence-electron chi connectivity index (χ2n) is 5.84. The fourth-order valence-corrected chi connectivity index (χ4v) is 5.30. The van der Waals surface area contributed by atoms with Crippen molar-refractivity contribution in [1.29, 1.82) is 0 Å². The van der Waals surface area contributed by atoms with Crippen LogP contribution in [-0.4, -0.2) is 59.1 Å². The van der Waals surface area contributed by atoms with Crippen LogP contribution in [0.1, 0.15) is 18.3 Å². The Kier molecular flexibility index (Phi) is 5.04. The second kappa shape index (κ2) is 6.97. The number of fused-ring (bicyclic) bond motifs is 1. The molecule has 3 rings (SSSR count). The average molecular weight is 397 g/mol. The zero-order valence-electron chi connectivity index (χ0n) is 14.6. The number of rotatable bonds is 6. The number of hydrogen-bond acceptors (Lipinski definition) is 6. The Labute approximate surface area is 155 Å². The minimum absolute atomic E-state index is 0.0786. The molecule has 1 unspecified atom stereocenters. The molecule has 140 valence electrons. The van der Waals surface area contributed by atoms with Gasteiger partial charge in [0.2, 0.25) is 15.9 Å². The molecule has 3 amide bonds. The summed E-state index contributed by atoms with van der Waals surface area (Å²) in [6.07, 6.45) is 1.64. The molecule has 1 N–H and O–H groups in total. The highest BCUT2D eigenvalue weighted by atomic mass is 32.2. The molecule has 3 heterocycles. The molecule has 0 aromatic carbocycles. The largest absolute Gasteiger partial charge is 0.350 e.